The maximum absolute atomic E-state index is 12.2. The van der Waals surface area contributed by atoms with Crippen molar-refractivity contribution in [2.24, 2.45) is 11.8 Å². The van der Waals surface area contributed by atoms with Crippen LogP contribution in [0.4, 0.5) is 5.69 Å². The molecule has 4 atom stereocenters. The van der Waals surface area contributed by atoms with E-state index < -0.39 is 11.8 Å². The highest BCUT2D eigenvalue weighted by molar-refractivity contribution is 7.18. The van der Waals surface area contributed by atoms with Gasteiger partial charge in [-0.05, 0) is 49.8 Å². The second kappa shape index (κ2) is 10.2. The lowest BCUT2D eigenvalue weighted by molar-refractivity contribution is -0.144. The molecule has 3 aliphatic heterocycles. The van der Waals surface area contributed by atoms with Gasteiger partial charge in [-0.2, -0.15) is 5.10 Å². The molecule has 0 saturated carbocycles. The van der Waals surface area contributed by atoms with E-state index in [4.69, 9.17) is 4.98 Å². The summed E-state index contributed by atoms with van der Waals surface area (Å²) in [6, 6.07) is 8.50. The number of anilines is 1. The smallest absolute Gasteiger partial charge is 0.314 e. The third-order valence-corrected chi connectivity index (χ3v) is 8.87. The van der Waals surface area contributed by atoms with Crippen molar-refractivity contribution in [1.82, 2.24) is 30.0 Å². The number of carbonyl (C=O) groups excluding carboxylic acids is 2. The molecule has 192 valence electrons. The summed E-state index contributed by atoms with van der Waals surface area (Å²) in [5, 5.41) is 11.5. The molecule has 4 unspecified atom stereocenters. The zero-order chi connectivity index (χ0) is 25.4. The van der Waals surface area contributed by atoms with Crippen LogP contribution in [0.3, 0.4) is 0 Å². The van der Waals surface area contributed by atoms with Gasteiger partial charge >= 0.3 is 11.8 Å². The predicted molar refractivity (Wildman–Crippen MR) is 144 cm³/mol. The lowest BCUT2D eigenvalue weighted by atomic mass is 9.93. The number of fused-ring (bicyclic) bond motifs is 4. The molecule has 10 heteroatoms. The van der Waals surface area contributed by atoms with Crippen molar-refractivity contribution in [3.05, 3.63) is 47.9 Å². The van der Waals surface area contributed by atoms with Gasteiger partial charge < -0.3 is 15.1 Å². The van der Waals surface area contributed by atoms with E-state index in [0.717, 1.165) is 24.1 Å². The number of hydrogen-bond acceptors (Lipinski definition) is 7. The predicted octanol–water partition coefficient (Wildman–Crippen LogP) is 3.87. The first-order chi connectivity index (χ1) is 18.0. The van der Waals surface area contributed by atoms with Gasteiger partial charge in [0.25, 0.3) is 0 Å². The minimum Gasteiger partial charge on any atom is -0.334 e. The van der Waals surface area contributed by atoms with Gasteiger partial charge in [0, 0.05) is 43.7 Å². The summed E-state index contributed by atoms with van der Waals surface area (Å²) < 4.78 is 1.34. The van der Waals surface area contributed by atoms with Crippen LogP contribution in [0, 0.1) is 11.8 Å². The minimum absolute atomic E-state index is 0.438. The Labute approximate surface area is 219 Å². The van der Waals surface area contributed by atoms with Crippen molar-refractivity contribution in [1.29, 1.82) is 0 Å². The van der Waals surface area contributed by atoms with Crippen LogP contribution in [0.15, 0.2) is 42.9 Å². The van der Waals surface area contributed by atoms with Crippen molar-refractivity contribution in [2.75, 3.05) is 38.0 Å². The summed E-state index contributed by atoms with van der Waals surface area (Å²) in [4.78, 5) is 37.3. The number of nitrogens with one attached hydrogen (secondary N) is 2. The largest absolute Gasteiger partial charge is 0.334 e. The average molecular weight is 518 g/mol. The summed E-state index contributed by atoms with van der Waals surface area (Å²) in [7, 11) is 0. The number of thiazole rings is 1. The number of hydrogen-bond donors (Lipinski definition) is 2. The number of likely N-dealkylation sites (tertiary alicyclic amines) is 1. The maximum Gasteiger partial charge on any atom is 0.314 e. The number of H-pyrrole nitrogens is 1. The first-order valence-corrected chi connectivity index (χ1v) is 13.8. The third kappa shape index (κ3) is 4.95. The quantitative estimate of drug-likeness (QED) is 0.391. The van der Waals surface area contributed by atoms with E-state index in [0.29, 0.717) is 36.1 Å². The Hall–Kier alpha value is -3.37. The van der Waals surface area contributed by atoms with E-state index >= 15 is 0 Å². The first-order valence-electron chi connectivity index (χ1n) is 13.0. The van der Waals surface area contributed by atoms with E-state index in [1.165, 1.54) is 47.5 Å². The summed E-state index contributed by atoms with van der Waals surface area (Å²) in [5.41, 5.74) is 2.31. The highest BCUT2D eigenvalue weighted by Gasteiger charge is 2.40. The number of carbonyl (C=O) groups is 2. The molecule has 0 spiro atoms. The Balaban J connectivity index is 0.000000141. The molecular formula is C27H31N7O2S. The number of para-hydroxylation sites is 1. The van der Waals surface area contributed by atoms with Crippen LogP contribution >= 0.6 is 11.3 Å². The molecule has 0 radical (unpaired) electrons. The zero-order valence-electron chi connectivity index (χ0n) is 20.9. The van der Waals surface area contributed by atoms with Gasteiger partial charge in [0.05, 0.1) is 38.8 Å². The Morgan fingerprint density at radius 2 is 1.97 bits per heavy atom. The number of aromatic nitrogens is 4. The fourth-order valence-corrected chi connectivity index (χ4v) is 6.92. The van der Waals surface area contributed by atoms with E-state index in [2.05, 4.69) is 56.6 Å². The van der Waals surface area contributed by atoms with Crippen LogP contribution in [-0.2, 0) is 9.59 Å². The van der Waals surface area contributed by atoms with Crippen LogP contribution in [0.5, 0.6) is 0 Å². The summed E-state index contributed by atoms with van der Waals surface area (Å²) in [5.74, 6) is 0.908. The molecule has 9 nitrogen and oxygen atoms in total. The highest BCUT2D eigenvalue weighted by Crippen LogP contribution is 2.42. The average Bonchev–Trinajstić information content (AvgIpc) is 3.72. The molecule has 0 aliphatic carbocycles. The van der Waals surface area contributed by atoms with Gasteiger partial charge in [0.2, 0.25) is 0 Å². The van der Waals surface area contributed by atoms with Crippen molar-refractivity contribution in [3.8, 4) is 0 Å². The fraction of sp³-hybridized carbons (Fsp3) is 0.444. The number of aromatic amines is 1. The van der Waals surface area contributed by atoms with E-state index in [1.54, 1.807) is 17.3 Å². The van der Waals surface area contributed by atoms with Crippen LogP contribution in [0.1, 0.15) is 37.1 Å². The topological polar surface area (TPSA) is 107 Å². The molecule has 3 fully saturated rings. The lowest BCUT2D eigenvalue weighted by Crippen LogP contribution is -2.44. The van der Waals surface area contributed by atoms with Gasteiger partial charge in [-0.25, -0.2) is 4.98 Å². The van der Waals surface area contributed by atoms with Gasteiger partial charge in [0.1, 0.15) is 0 Å². The number of piperidine rings is 2. The van der Waals surface area contributed by atoms with Crippen molar-refractivity contribution >= 4 is 50.0 Å². The second-order valence-electron chi connectivity index (χ2n) is 10.4. The van der Waals surface area contributed by atoms with Gasteiger partial charge in [0.15, 0.2) is 0 Å². The molecule has 37 heavy (non-hydrogen) atoms. The molecule has 7 rings (SSSR count). The Morgan fingerprint density at radius 1 is 1.08 bits per heavy atom. The van der Waals surface area contributed by atoms with Crippen LogP contribution in [-0.4, -0.2) is 74.5 Å². The van der Waals surface area contributed by atoms with Crippen molar-refractivity contribution in [2.45, 2.75) is 32.1 Å². The Kier molecular flexibility index (Phi) is 6.60. The van der Waals surface area contributed by atoms with Gasteiger partial charge in [-0.1, -0.05) is 19.1 Å². The molecule has 3 aliphatic rings. The third-order valence-electron chi connectivity index (χ3n) is 7.70. The number of benzene rings is 1. The molecule has 2 N–H and O–H groups in total. The Bertz CT molecular complexity index is 1400. The van der Waals surface area contributed by atoms with E-state index in [1.807, 2.05) is 11.3 Å². The first kappa shape index (κ1) is 24.0. The molecular weight excluding hydrogens is 486 g/mol. The standard InChI is InChI=1S/C14H17N5O2.C13H14N2S/c1-9-3-2-4-19(8-9)14(21)13(20)17-11-7-15-5-10-6-16-18-12(10)11;1-2-4-12-11(3-1)14-13(16-12)10-8-15-6-5-9(10)7-15/h5-7,9H,2-4,8H2,1H3,(H,16,18)(H,17,20);1-4,9-10H,5-8H2. The van der Waals surface area contributed by atoms with Crippen LogP contribution < -0.4 is 5.32 Å². The number of nitrogens with zero attached hydrogens (tertiary/aromatic N) is 5. The van der Waals surface area contributed by atoms with Crippen LogP contribution in [0.2, 0.25) is 0 Å². The zero-order valence-corrected chi connectivity index (χ0v) is 21.7. The van der Waals surface area contributed by atoms with Crippen LogP contribution in [0.25, 0.3) is 21.1 Å². The van der Waals surface area contributed by atoms with E-state index in [-0.39, 0.29) is 0 Å². The SMILES string of the molecule is CC1CCCN(C(=O)C(=O)Nc2cncc3cn[nH]c23)C1.c1ccc2sc(C3CN4CCC3C4)nc2c1. The van der Waals surface area contributed by atoms with Gasteiger partial charge in [-0.15, -0.1) is 11.3 Å². The minimum atomic E-state index is -0.631. The number of amides is 2. The van der Waals surface area contributed by atoms with Crippen molar-refractivity contribution in [3.63, 3.8) is 0 Å². The molecule has 3 saturated heterocycles. The molecule has 2 bridgehead atoms. The molecule has 1 aromatic carbocycles. The highest BCUT2D eigenvalue weighted by atomic mass is 32.1. The molecule has 4 aromatic rings. The normalized spacial score (nSPS) is 24.7. The summed E-state index contributed by atoms with van der Waals surface area (Å²) in [6.07, 6.45) is 8.18. The Morgan fingerprint density at radius 3 is 2.76 bits per heavy atom. The molecule has 3 aromatic heterocycles. The lowest BCUT2D eigenvalue weighted by Gasteiger charge is -2.30. The van der Waals surface area contributed by atoms with Gasteiger partial charge in [-0.3, -0.25) is 19.7 Å². The molecule has 6 heterocycles. The van der Waals surface area contributed by atoms with Crippen molar-refractivity contribution < 1.29 is 9.59 Å². The van der Waals surface area contributed by atoms with E-state index in [9.17, 15) is 9.59 Å². The summed E-state index contributed by atoms with van der Waals surface area (Å²) >= 11 is 1.90. The second-order valence-corrected chi connectivity index (χ2v) is 11.5. The number of rotatable bonds is 2. The summed E-state index contributed by atoms with van der Waals surface area (Å²) in [6.45, 7) is 7.23. The number of pyridine rings is 1. The molecule has 2 amide bonds. The fourth-order valence-electron chi connectivity index (χ4n) is 5.77. The monoisotopic (exact) mass is 517 g/mol. The maximum atomic E-state index is 12.2.